The van der Waals surface area contributed by atoms with E-state index in [2.05, 4.69) is 16.0 Å². The summed E-state index contributed by atoms with van der Waals surface area (Å²) in [5.41, 5.74) is 0.604. The highest BCUT2D eigenvalue weighted by molar-refractivity contribution is 6.38. The molecule has 8 nitrogen and oxygen atoms in total. The van der Waals surface area contributed by atoms with Crippen LogP contribution < -0.4 is 16.0 Å². The summed E-state index contributed by atoms with van der Waals surface area (Å²) in [6.07, 6.45) is -4.38. The fraction of sp³-hybridized carbons (Fsp3) is 0.258. The van der Waals surface area contributed by atoms with Crippen molar-refractivity contribution in [3.63, 3.8) is 0 Å². The molecule has 3 rings (SSSR count). The molecule has 0 bridgehead atoms. The van der Waals surface area contributed by atoms with Gasteiger partial charge in [-0.05, 0) is 36.1 Å². The van der Waals surface area contributed by atoms with E-state index >= 15 is 0 Å². The molecule has 3 amide bonds. The van der Waals surface area contributed by atoms with E-state index in [1.165, 1.54) is 19.1 Å². The third kappa shape index (κ3) is 9.69. The lowest BCUT2D eigenvalue weighted by Gasteiger charge is -2.22. The lowest BCUT2D eigenvalue weighted by atomic mass is 10.0. The molecule has 0 radical (unpaired) electrons. The van der Waals surface area contributed by atoms with Crippen LogP contribution in [-0.2, 0) is 49.4 Å². The van der Waals surface area contributed by atoms with Crippen molar-refractivity contribution in [1.82, 2.24) is 16.0 Å². The molecule has 0 saturated carbocycles. The molecule has 0 saturated heterocycles. The average Bonchev–Trinajstić information content (AvgIpc) is 2.96. The molecule has 220 valence electrons. The van der Waals surface area contributed by atoms with Crippen molar-refractivity contribution in [2.75, 3.05) is 0 Å². The van der Waals surface area contributed by atoms with Crippen LogP contribution in [0.1, 0.15) is 29.2 Å². The number of hydrogen-bond donors (Lipinski definition) is 3. The molecular weight excluding hydrogens is 551 g/mol. The number of amides is 3. The molecule has 0 aromatic heterocycles. The number of halogens is 3. The summed E-state index contributed by atoms with van der Waals surface area (Å²) in [7, 11) is 0. The molecule has 0 spiro atoms. The van der Waals surface area contributed by atoms with E-state index in [0.29, 0.717) is 11.8 Å². The van der Waals surface area contributed by atoms with Crippen LogP contribution in [0.25, 0.3) is 0 Å². The van der Waals surface area contributed by atoms with Crippen LogP contribution in [0.5, 0.6) is 0 Å². The minimum absolute atomic E-state index is 0.0986. The van der Waals surface area contributed by atoms with Crippen molar-refractivity contribution < 1.29 is 37.1 Å². The van der Waals surface area contributed by atoms with Crippen molar-refractivity contribution >= 4 is 29.8 Å². The number of nitrogens with one attached hydrogen (secondary N) is 3. The maximum Gasteiger partial charge on any atom is 0.416 e. The molecule has 1 unspecified atom stereocenters. The van der Waals surface area contributed by atoms with E-state index in [9.17, 15) is 37.1 Å². The fourth-order valence-electron chi connectivity index (χ4n) is 4.16. The molecule has 3 atom stereocenters. The Morgan fingerprint density at radius 1 is 0.762 bits per heavy atom. The molecule has 3 N–H and O–H groups in total. The summed E-state index contributed by atoms with van der Waals surface area (Å²) in [4.78, 5) is 62.7. The maximum atomic E-state index is 13.2. The fourth-order valence-corrected chi connectivity index (χ4v) is 4.16. The third-order valence-electron chi connectivity index (χ3n) is 6.31. The number of Topliss-reactive ketones (excluding diaryl/α,β-unsaturated/α-hetero) is 1. The number of ketones is 1. The standard InChI is InChI=1S/C31H30F3N3O5/c1-20(28(40)30(42)36-25(19-38)16-21-9-4-2-5-10-21)35-29(41)26(37-27(39)18-22-11-6-3-7-12-22)17-23-13-8-14-24(15-23)31(32,33)34/h2-15,19-20,25-26H,16-18H2,1H3,(H,35,41)(H,36,42)(H,37,39)/t20?,25-,26-/m0/s1. The molecule has 0 aliphatic carbocycles. The Bertz CT molecular complexity index is 1400. The molecule has 3 aromatic rings. The van der Waals surface area contributed by atoms with Gasteiger partial charge >= 0.3 is 6.18 Å². The first-order chi connectivity index (χ1) is 20.0. The van der Waals surface area contributed by atoms with Gasteiger partial charge in [0.2, 0.25) is 17.6 Å². The highest BCUT2D eigenvalue weighted by atomic mass is 19.4. The number of aldehydes is 1. The summed E-state index contributed by atoms with van der Waals surface area (Å²) < 4.78 is 39.7. The number of benzene rings is 3. The second kappa shape index (κ2) is 14.7. The van der Waals surface area contributed by atoms with Gasteiger partial charge in [0.1, 0.15) is 12.3 Å². The Morgan fingerprint density at radius 2 is 1.36 bits per heavy atom. The van der Waals surface area contributed by atoms with Crippen molar-refractivity contribution in [2.45, 2.75) is 50.5 Å². The van der Waals surface area contributed by atoms with Gasteiger partial charge in [0.15, 0.2) is 0 Å². The van der Waals surface area contributed by atoms with Crippen LogP contribution >= 0.6 is 0 Å². The van der Waals surface area contributed by atoms with Crippen molar-refractivity contribution in [3.8, 4) is 0 Å². The van der Waals surface area contributed by atoms with Gasteiger partial charge in [0.05, 0.1) is 24.1 Å². The number of hydrogen-bond acceptors (Lipinski definition) is 5. The van der Waals surface area contributed by atoms with Gasteiger partial charge in [-0.1, -0.05) is 78.9 Å². The molecule has 0 aliphatic rings. The zero-order chi connectivity index (χ0) is 30.7. The largest absolute Gasteiger partial charge is 0.416 e. The molecule has 0 heterocycles. The van der Waals surface area contributed by atoms with E-state index in [1.54, 1.807) is 60.7 Å². The summed E-state index contributed by atoms with van der Waals surface area (Å²) in [6.45, 7) is 1.25. The van der Waals surface area contributed by atoms with E-state index in [1.807, 2.05) is 0 Å². The minimum atomic E-state index is -4.61. The number of carbonyl (C=O) groups is 5. The Balaban J connectivity index is 1.70. The molecular formula is C31H30F3N3O5. The van der Waals surface area contributed by atoms with Crippen LogP contribution in [0.15, 0.2) is 84.9 Å². The first kappa shape index (κ1) is 31.7. The first-order valence-electron chi connectivity index (χ1n) is 13.1. The predicted molar refractivity (Wildman–Crippen MR) is 148 cm³/mol. The summed E-state index contributed by atoms with van der Waals surface area (Å²) in [6, 6.07) is 18.0. The van der Waals surface area contributed by atoms with Crippen LogP contribution in [0.4, 0.5) is 13.2 Å². The van der Waals surface area contributed by atoms with Gasteiger partial charge in [-0.15, -0.1) is 0 Å². The Morgan fingerprint density at radius 3 is 1.95 bits per heavy atom. The Labute approximate surface area is 240 Å². The van der Waals surface area contributed by atoms with Crippen molar-refractivity contribution in [3.05, 3.63) is 107 Å². The van der Waals surface area contributed by atoms with Gasteiger partial charge in [0, 0.05) is 6.42 Å². The van der Waals surface area contributed by atoms with Crippen LogP contribution in [-0.4, -0.2) is 47.9 Å². The second-order valence-electron chi connectivity index (χ2n) is 9.69. The van der Waals surface area contributed by atoms with Gasteiger partial charge in [-0.3, -0.25) is 19.2 Å². The zero-order valence-corrected chi connectivity index (χ0v) is 22.7. The van der Waals surface area contributed by atoms with Gasteiger partial charge in [-0.25, -0.2) is 0 Å². The number of rotatable bonds is 13. The summed E-state index contributed by atoms with van der Waals surface area (Å²) in [5, 5.41) is 7.22. The van der Waals surface area contributed by atoms with Crippen molar-refractivity contribution in [2.24, 2.45) is 0 Å². The SMILES string of the molecule is CC(NC(=O)[C@H](Cc1cccc(C(F)(F)F)c1)NC(=O)Cc1ccccc1)C(=O)C(=O)N[C@H](C=O)Cc1ccccc1. The van der Waals surface area contributed by atoms with Gasteiger partial charge in [0.25, 0.3) is 5.91 Å². The minimum Gasteiger partial charge on any atom is -0.344 e. The monoisotopic (exact) mass is 581 g/mol. The van der Waals surface area contributed by atoms with Gasteiger partial charge < -0.3 is 20.7 Å². The predicted octanol–water partition coefficient (Wildman–Crippen LogP) is 2.98. The van der Waals surface area contributed by atoms with E-state index in [0.717, 1.165) is 17.7 Å². The molecule has 11 heteroatoms. The zero-order valence-electron chi connectivity index (χ0n) is 22.7. The molecule has 0 fully saturated rings. The highest BCUT2D eigenvalue weighted by Gasteiger charge is 2.32. The quantitative estimate of drug-likeness (QED) is 0.212. The second-order valence-corrected chi connectivity index (χ2v) is 9.69. The third-order valence-corrected chi connectivity index (χ3v) is 6.31. The van der Waals surface area contributed by atoms with E-state index in [-0.39, 0.29) is 24.8 Å². The Kier molecular flexibility index (Phi) is 11.1. The molecule has 0 aliphatic heterocycles. The Hall–Kier alpha value is -4.80. The van der Waals surface area contributed by atoms with Crippen LogP contribution in [0.2, 0.25) is 0 Å². The number of alkyl halides is 3. The summed E-state index contributed by atoms with van der Waals surface area (Å²) in [5.74, 6) is -3.59. The number of carbonyl (C=O) groups excluding carboxylic acids is 5. The molecule has 3 aromatic carbocycles. The van der Waals surface area contributed by atoms with Gasteiger partial charge in [-0.2, -0.15) is 13.2 Å². The van der Waals surface area contributed by atoms with Crippen LogP contribution in [0, 0.1) is 0 Å². The normalized spacial score (nSPS) is 13.2. The van der Waals surface area contributed by atoms with Crippen molar-refractivity contribution in [1.29, 1.82) is 0 Å². The lowest BCUT2D eigenvalue weighted by molar-refractivity contribution is -0.140. The van der Waals surface area contributed by atoms with E-state index in [4.69, 9.17) is 0 Å². The smallest absolute Gasteiger partial charge is 0.344 e. The van der Waals surface area contributed by atoms with E-state index < -0.39 is 53.4 Å². The summed E-state index contributed by atoms with van der Waals surface area (Å²) >= 11 is 0. The topological polar surface area (TPSA) is 121 Å². The first-order valence-corrected chi connectivity index (χ1v) is 13.1. The maximum absolute atomic E-state index is 13.2. The highest BCUT2D eigenvalue weighted by Crippen LogP contribution is 2.29. The average molecular weight is 582 g/mol. The lowest BCUT2D eigenvalue weighted by Crippen LogP contribution is -2.54. The molecule has 42 heavy (non-hydrogen) atoms. The van der Waals surface area contributed by atoms with Crippen LogP contribution in [0.3, 0.4) is 0 Å².